The molecule has 0 bridgehead atoms. The average Bonchev–Trinajstić information content (AvgIpc) is 3.13. The van der Waals surface area contributed by atoms with Gasteiger partial charge in [0.15, 0.2) is 0 Å². The van der Waals surface area contributed by atoms with Crippen molar-refractivity contribution in [1.29, 1.82) is 0 Å². The minimum atomic E-state index is -0.184. The molecule has 1 fully saturated rings. The second-order valence-electron chi connectivity index (χ2n) is 8.49. The molecule has 0 atom stereocenters. The number of amides is 1. The Morgan fingerprint density at radius 3 is 2.55 bits per heavy atom. The molecule has 0 unspecified atom stereocenters. The van der Waals surface area contributed by atoms with Crippen LogP contribution in [0, 0.1) is 11.7 Å². The van der Waals surface area contributed by atoms with Crippen molar-refractivity contribution in [1.82, 2.24) is 19.6 Å². The van der Waals surface area contributed by atoms with Crippen LogP contribution in [-0.4, -0.2) is 58.2 Å². The van der Waals surface area contributed by atoms with Gasteiger partial charge in [-0.05, 0) is 55.5 Å². The zero-order valence-electron chi connectivity index (χ0n) is 18.4. The lowest BCUT2D eigenvalue weighted by Gasteiger charge is -2.34. The van der Waals surface area contributed by atoms with E-state index in [0.717, 1.165) is 62.9 Å². The predicted molar refractivity (Wildman–Crippen MR) is 122 cm³/mol. The van der Waals surface area contributed by atoms with Gasteiger partial charge < -0.3 is 9.80 Å². The fraction of sp³-hybridized carbons (Fsp3) is 0.440. The van der Waals surface area contributed by atoms with E-state index in [9.17, 15) is 9.18 Å². The summed E-state index contributed by atoms with van der Waals surface area (Å²) in [5.41, 5.74) is 2.72. The molecule has 1 saturated heterocycles. The minimum absolute atomic E-state index is 0.0818. The first-order valence-electron chi connectivity index (χ1n) is 11.2. The number of aryl methyl sites for hydroxylation is 1. The van der Waals surface area contributed by atoms with Crippen molar-refractivity contribution in [2.24, 2.45) is 13.0 Å². The second-order valence-corrected chi connectivity index (χ2v) is 8.49. The summed E-state index contributed by atoms with van der Waals surface area (Å²) in [5, 5.41) is 5.41. The van der Waals surface area contributed by atoms with Crippen LogP contribution in [0.25, 0.3) is 10.9 Å². The Morgan fingerprint density at radius 2 is 1.84 bits per heavy atom. The lowest BCUT2D eigenvalue weighted by atomic mass is 9.95. The van der Waals surface area contributed by atoms with Crippen LogP contribution >= 0.6 is 0 Å². The van der Waals surface area contributed by atoms with Gasteiger partial charge in [0.25, 0.3) is 5.91 Å². The summed E-state index contributed by atoms with van der Waals surface area (Å²) < 4.78 is 14.8. The minimum Gasteiger partial charge on any atom is -0.337 e. The number of hydrogen-bond acceptors (Lipinski definition) is 3. The molecule has 1 aliphatic rings. The van der Waals surface area contributed by atoms with Gasteiger partial charge in [-0.15, -0.1) is 0 Å². The van der Waals surface area contributed by atoms with Gasteiger partial charge in [0.05, 0.1) is 5.52 Å². The van der Waals surface area contributed by atoms with E-state index < -0.39 is 0 Å². The molecule has 0 aliphatic carbocycles. The smallest absolute Gasteiger partial charge is 0.272 e. The summed E-state index contributed by atoms with van der Waals surface area (Å²) in [7, 11) is 1.85. The monoisotopic (exact) mass is 422 g/mol. The molecule has 0 N–H and O–H groups in total. The van der Waals surface area contributed by atoms with Gasteiger partial charge in [-0.2, -0.15) is 5.10 Å². The van der Waals surface area contributed by atoms with Crippen molar-refractivity contribution in [3.63, 3.8) is 0 Å². The number of carbonyl (C=O) groups excluding carboxylic acids is 1. The largest absolute Gasteiger partial charge is 0.337 e. The fourth-order valence-corrected chi connectivity index (χ4v) is 4.55. The lowest BCUT2D eigenvalue weighted by Crippen LogP contribution is -2.42. The van der Waals surface area contributed by atoms with E-state index in [0.29, 0.717) is 11.6 Å². The van der Waals surface area contributed by atoms with Crippen LogP contribution in [0.15, 0.2) is 48.5 Å². The highest BCUT2D eigenvalue weighted by atomic mass is 19.1. The number of rotatable bonds is 7. The maximum absolute atomic E-state index is 13.2. The van der Waals surface area contributed by atoms with Crippen molar-refractivity contribution in [2.75, 3.05) is 32.7 Å². The summed E-state index contributed by atoms with van der Waals surface area (Å²) in [4.78, 5) is 17.6. The highest BCUT2D eigenvalue weighted by molar-refractivity contribution is 6.05. The summed E-state index contributed by atoms with van der Waals surface area (Å²) in [6.07, 6.45) is 2.97. The molecule has 164 valence electrons. The number of hydrogen-bond donors (Lipinski definition) is 0. The van der Waals surface area contributed by atoms with Crippen LogP contribution in [0.1, 0.15) is 35.8 Å². The number of benzene rings is 2. The van der Waals surface area contributed by atoms with Crippen LogP contribution in [0.5, 0.6) is 0 Å². The topological polar surface area (TPSA) is 41.4 Å². The molecular weight excluding hydrogens is 391 g/mol. The SMILES string of the molecule is CCN(CCc1ccc(F)cc1)CC1CCN(C(=O)c2c3ccccc3nn2C)CC1. The van der Waals surface area contributed by atoms with Crippen LogP contribution in [-0.2, 0) is 13.5 Å². The molecule has 4 rings (SSSR count). The number of carbonyl (C=O) groups is 1. The van der Waals surface area contributed by atoms with Crippen LogP contribution in [0.3, 0.4) is 0 Å². The van der Waals surface area contributed by atoms with Crippen molar-refractivity contribution in [2.45, 2.75) is 26.2 Å². The normalized spacial score (nSPS) is 15.2. The Hall–Kier alpha value is -2.73. The molecule has 0 radical (unpaired) electrons. The number of fused-ring (bicyclic) bond motifs is 1. The highest BCUT2D eigenvalue weighted by Gasteiger charge is 2.27. The number of likely N-dealkylation sites (tertiary alicyclic amines) is 1. The Bertz CT molecular complexity index is 1020. The predicted octanol–water partition coefficient (Wildman–Crippen LogP) is 4.13. The molecular formula is C25H31FN4O. The van der Waals surface area contributed by atoms with Crippen molar-refractivity contribution in [3.05, 3.63) is 65.6 Å². The van der Waals surface area contributed by atoms with E-state index in [-0.39, 0.29) is 11.7 Å². The molecule has 0 saturated carbocycles. The van der Waals surface area contributed by atoms with E-state index in [2.05, 4.69) is 16.9 Å². The van der Waals surface area contributed by atoms with Gasteiger partial charge in [-0.3, -0.25) is 9.48 Å². The molecule has 2 heterocycles. The van der Waals surface area contributed by atoms with E-state index in [1.54, 1.807) is 4.68 Å². The van der Waals surface area contributed by atoms with Crippen molar-refractivity contribution in [3.8, 4) is 0 Å². The van der Waals surface area contributed by atoms with Crippen LogP contribution < -0.4 is 0 Å². The van der Waals surface area contributed by atoms with E-state index >= 15 is 0 Å². The Balaban J connectivity index is 1.31. The number of halogens is 1. The maximum Gasteiger partial charge on any atom is 0.272 e. The number of piperidine rings is 1. The van der Waals surface area contributed by atoms with Gasteiger partial charge in [0.1, 0.15) is 11.5 Å². The summed E-state index contributed by atoms with van der Waals surface area (Å²) in [5.74, 6) is 0.496. The van der Waals surface area contributed by atoms with Gasteiger partial charge >= 0.3 is 0 Å². The molecule has 2 aromatic carbocycles. The molecule has 1 aromatic heterocycles. The third-order valence-corrected chi connectivity index (χ3v) is 6.44. The standard InChI is InChI=1S/C25H31FN4O/c1-3-29(15-12-19-8-10-21(26)11-9-19)18-20-13-16-30(17-14-20)25(31)24-22-6-4-5-7-23(22)27-28(24)2/h4-11,20H,3,12-18H2,1-2H3. The quantitative estimate of drug-likeness (QED) is 0.575. The van der Waals surface area contributed by atoms with Gasteiger partial charge in [-0.1, -0.05) is 37.3 Å². The fourth-order valence-electron chi connectivity index (χ4n) is 4.55. The van der Waals surface area contributed by atoms with Crippen molar-refractivity contribution >= 4 is 16.8 Å². The van der Waals surface area contributed by atoms with E-state index in [4.69, 9.17) is 0 Å². The Kier molecular flexibility index (Phi) is 6.66. The first-order chi connectivity index (χ1) is 15.0. The molecule has 1 aliphatic heterocycles. The molecule has 3 aromatic rings. The number of nitrogens with zero attached hydrogens (tertiary/aromatic N) is 4. The molecule has 1 amide bonds. The highest BCUT2D eigenvalue weighted by Crippen LogP contribution is 2.24. The zero-order chi connectivity index (χ0) is 21.8. The Morgan fingerprint density at radius 1 is 1.13 bits per heavy atom. The first kappa shape index (κ1) is 21.5. The van der Waals surface area contributed by atoms with E-state index in [1.165, 1.54) is 17.7 Å². The maximum atomic E-state index is 13.2. The molecule has 5 nitrogen and oxygen atoms in total. The number of aromatic nitrogens is 2. The Labute approximate surface area is 183 Å². The summed E-state index contributed by atoms with van der Waals surface area (Å²) in [6.45, 7) is 6.80. The summed E-state index contributed by atoms with van der Waals surface area (Å²) >= 11 is 0. The van der Waals surface area contributed by atoms with Crippen LogP contribution in [0.4, 0.5) is 4.39 Å². The molecule has 0 spiro atoms. The zero-order valence-corrected chi connectivity index (χ0v) is 18.4. The third kappa shape index (κ3) is 4.96. The lowest BCUT2D eigenvalue weighted by molar-refractivity contribution is 0.0659. The van der Waals surface area contributed by atoms with Gasteiger partial charge in [0.2, 0.25) is 0 Å². The third-order valence-electron chi connectivity index (χ3n) is 6.44. The number of likely N-dealkylation sites (N-methyl/N-ethyl adjacent to an activating group) is 1. The summed E-state index contributed by atoms with van der Waals surface area (Å²) in [6, 6.07) is 14.6. The van der Waals surface area contributed by atoms with Gasteiger partial charge in [0, 0.05) is 38.6 Å². The first-order valence-corrected chi connectivity index (χ1v) is 11.2. The molecule has 31 heavy (non-hydrogen) atoms. The van der Waals surface area contributed by atoms with Gasteiger partial charge in [-0.25, -0.2) is 4.39 Å². The molecule has 6 heteroatoms. The van der Waals surface area contributed by atoms with E-state index in [1.807, 2.05) is 48.3 Å². The van der Waals surface area contributed by atoms with Crippen LogP contribution in [0.2, 0.25) is 0 Å². The second kappa shape index (κ2) is 9.60. The van der Waals surface area contributed by atoms with Crippen molar-refractivity contribution < 1.29 is 9.18 Å². The average molecular weight is 423 g/mol.